The lowest BCUT2D eigenvalue weighted by atomic mass is 9.96. The maximum Gasteiger partial charge on any atom is 0.191 e. The summed E-state index contributed by atoms with van der Waals surface area (Å²) in [6.45, 7) is 0.745. The summed E-state index contributed by atoms with van der Waals surface area (Å²) < 4.78 is 6.08. The number of para-hydroxylation sites is 1. The van der Waals surface area contributed by atoms with Gasteiger partial charge < -0.3 is 15.4 Å². The second-order valence-electron chi connectivity index (χ2n) is 6.33. The maximum atomic E-state index is 6.08. The minimum absolute atomic E-state index is 0. The van der Waals surface area contributed by atoms with Gasteiger partial charge in [-0.2, -0.15) is 0 Å². The number of hydrogen-bond donors (Lipinski definition) is 2. The fraction of sp³-hybridized carbons (Fsp3) is 0.611. The van der Waals surface area contributed by atoms with Gasteiger partial charge in [0, 0.05) is 25.2 Å². The molecule has 1 aromatic carbocycles. The third-order valence-corrected chi connectivity index (χ3v) is 4.68. The fourth-order valence-corrected chi connectivity index (χ4v) is 3.07. The highest BCUT2D eigenvalue weighted by Crippen LogP contribution is 2.27. The Labute approximate surface area is 156 Å². The van der Waals surface area contributed by atoms with Gasteiger partial charge in [0.15, 0.2) is 5.96 Å². The van der Waals surface area contributed by atoms with Gasteiger partial charge in [-0.15, -0.1) is 24.0 Å². The minimum Gasteiger partial charge on any atom is -0.490 e. The lowest BCUT2D eigenvalue weighted by Crippen LogP contribution is -2.42. The average molecular weight is 429 g/mol. The zero-order valence-electron chi connectivity index (χ0n) is 13.9. The van der Waals surface area contributed by atoms with E-state index in [1.807, 2.05) is 13.1 Å². The normalized spacial score (nSPS) is 18.9. The Bertz CT molecular complexity index is 511. The highest BCUT2D eigenvalue weighted by atomic mass is 127. The number of nitrogens with zero attached hydrogens (tertiary/aromatic N) is 1. The Morgan fingerprint density at radius 1 is 1.13 bits per heavy atom. The highest BCUT2D eigenvalue weighted by molar-refractivity contribution is 14.0. The van der Waals surface area contributed by atoms with Crippen LogP contribution in [-0.2, 0) is 6.54 Å². The van der Waals surface area contributed by atoms with Crippen molar-refractivity contribution in [2.24, 2.45) is 4.99 Å². The molecule has 0 atom stereocenters. The first kappa shape index (κ1) is 18.4. The molecule has 3 rings (SSSR count). The summed E-state index contributed by atoms with van der Waals surface area (Å²) in [6.07, 6.45) is 9.24. The summed E-state index contributed by atoms with van der Waals surface area (Å²) in [5, 5.41) is 6.94. The number of halogens is 1. The van der Waals surface area contributed by atoms with Crippen LogP contribution in [-0.4, -0.2) is 25.2 Å². The Morgan fingerprint density at radius 2 is 1.87 bits per heavy atom. The molecule has 2 saturated carbocycles. The largest absolute Gasteiger partial charge is 0.490 e. The van der Waals surface area contributed by atoms with Crippen LogP contribution < -0.4 is 15.4 Å². The molecular weight excluding hydrogens is 401 g/mol. The molecule has 1 aromatic rings. The first-order chi connectivity index (χ1) is 10.8. The fourth-order valence-electron chi connectivity index (χ4n) is 3.07. The van der Waals surface area contributed by atoms with Gasteiger partial charge in [-0.1, -0.05) is 31.0 Å². The number of benzene rings is 1. The van der Waals surface area contributed by atoms with Crippen LogP contribution in [0.15, 0.2) is 29.3 Å². The third-order valence-electron chi connectivity index (χ3n) is 4.68. The number of aliphatic imine (C=N–C) groups is 1. The van der Waals surface area contributed by atoms with Crippen molar-refractivity contribution in [3.63, 3.8) is 0 Å². The molecule has 0 aliphatic heterocycles. The van der Waals surface area contributed by atoms with Crippen LogP contribution in [0.25, 0.3) is 0 Å². The Balaban J connectivity index is 0.00000192. The van der Waals surface area contributed by atoms with Crippen molar-refractivity contribution in [1.29, 1.82) is 0 Å². The monoisotopic (exact) mass is 429 g/mol. The minimum atomic E-state index is 0. The van der Waals surface area contributed by atoms with Crippen molar-refractivity contribution < 1.29 is 4.74 Å². The van der Waals surface area contributed by atoms with E-state index in [1.165, 1.54) is 50.5 Å². The van der Waals surface area contributed by atoms with Gasteiger partial charge >= 0.3 is 0 Å². The summed E-state index contributed by atoms with van der Waals surface area (Å²) in [4.78, 5) is 4.34. The molecule has 0 bridgehead atoms. The third kappa shape index (κ3) is 5.26. The number of hydrogen-bond acceptors (Lipinski definition) is 2. The second kappa shape index (κ2) is 9.35. The van der Waals surface area contributed by atoms with Crippen LogP contribution in [0.3, 0.4) is 0 Å². The number of guanidine groups is 1. The van der Waals surface area contributed by atoms with Crippen molar-refractivity contribution >= 4 is 29.9 Å². The zero-order valence-corrected chi connectivity index (χ0v) is 16.2. The molecule has 0 unspecified atom stereocenters. The van der Waals surface area contributed by atoms with Crippen molar-refractivity contribution in [2.75, 3.05) is 7.05 Å². The molecule has 0 spiro atoms. The molecule has 0 heterocycles. The van der Waals surface area contributed by atoms with Crippen LogP contribution >= 0.6 is 24.0 Å². The van der Waals surface area contributed by atoms with Gasteiger partial charge in [-0.05, 0) is 38.2 Å². The molecule has 23 heavy (non-hydrogen) atoms. The number of rotatable bonds is 5. The molecule has 2 fully saturated rings. The molecule has 0 radical (unpaired) electrons. The smallest absolute Gasteiger partial charge is 0.191 e. The van der Waals surface area contributed by atoms with Gasteiger partial charge in [-0.25, -0.2) is 0 Å². The van der Waals surface area contributed by atoms with Gasteiger partial charge in [-0.3, -0.25) is 4.99 Å². The van der Waals surface area contributed by atoms with Crippen LogP contribution in [0.2, 0.25) is 0 Å². The standard InChI is InChI=1S/C18H27N3O.HI/c1-19-18(21-15-8-3-4-9-15)20-13-14-7-2-5-12-17(14)22-16-10-6-11-16;/h2,5,7,12,15-16H,3-4,6,8-11,13H2,1H3,(H2,19,20,21);1H. The van der Waals surface area contributed by atoms with E-state index in [4.69, 9.17) is 4.74 Å². The first-order valence-corrected chi connectivity index (χ1v) is 8.57. The summed E-state index contributed by atoms with van der Waals surface area (Å²) in [5.74, 6) is 1.90. The molecular formula is C18H28IN3O. The quantitative estimate of drug-likeness (QED) is 0.425. The van der Waals surface area contributed by atoms with Crippen molar-refractivity contribution in [3.05, 3.63) is 29.8 Å². The van der Waals surface area contributed by atoms with E-state index in [2.05, 4.69) is 33.8 Å². The van der Waals surface area contributed by atoms with Gasteiger partial charge in [0.05, 0.1) is 6.10 Å². The SMILES string of the molecule is CN=C(NCc1ccccc1OC1CCC1)NC1CCCC1.I. The molecule has 0 saturated heterocycles. The lowest BCUT2D eigenvalue weighted by Gasteiger charge is -2.27. The van der Waals surface area contributed by atoms with E-state index in [-0.39, 0.29) is 24.0 Å². The first-order valence-electron chi connectivity index (χ1n) is 8.57. The van der Waals surface area contributed by atoms with Crippen LogP contribution in [0.5, 0.6) is 5.75 Å². The zero-order chi connectivity index (χ0) is 15.2. The predicted octanol–water partition coefficient (Wildman–Crippen LogP) is 3.84. The molecule has 128 valence electrons. The van der Waals surface area contributed by atoms with E-state index in [9.17, 15) is 0 Å². The van der Waals surface area contributed by atoms with Gasteiger partial charge in [0.25, 0.3) is 0 Å². The number of nitrogens with one attached hydrogen (secondary N) is 2. The summed E-state index contributed by atoms with van der Waals surface area (Å²) in [7, 11) is 1.83. The average Bonchev–Trinajstić information content (AvgIpc) is 3.01. The van der Waals surface area contributed by atoms with E-state index in [0.717, 1.165) is 18.3 Å². The molecule has 2 N–H and O–H groups in total. The van der Waals surface area contributed by atoms with Crippen molar-refractivity contribution in [2.45, 2.75) is 63.6 Å². The summed E-state index contributed by atoms with van der Waals surface area (Å²) in [6, 6.07) is 8.89. The van der Waals surface area contributed by atoms with E-state index in [1.54, 1.807) is 0 Å². The second-order valence-corrected chi connectivity index (χ2v) is 6.33. The van der Waals surface area contributed by atoms with Crippen LogP contribution in [0, 0.1) is 0 Å². The molecule has 2 aliphatic carbocycles. The molecule has 0 amide bonds. The Kier molecular flexibility index (Phi) is 7.46. The molecule has 2 aliphatic rings. The van der Waals surface area contributed by atoms with Gasteiger partial charge in [0.1, 0.15) is 5.75 Å². The Morgan fingerprint density at radius 3 is 2.52 bits per heavy atom. The van der Waals surface area contributed by atoms with E-state index < -0.39 is 0 Å². The lowest BCUT2D eigenvalue weighted by molar-refractivity contribution is 0.119. The van der Waals surface area contributed by atoms with Crippen molar-refractivity contribution in [1.82, 2.24) is 10.6 Å². The molecule has 5 heteroatoms. The maximum absolute atomic E-state index is 6.08. The van der Waals surface area contributed by atoms with E-state index in [0.29, 0.717) is 12.1 Å². The molecule has 0 aromatic heterocycles. The summed E-state index contributed by atoms with van der Waals surface area (Å²) >= 11 is 0. The van der Waals surface area contributed by atoms with Crippen LogP contribution in [0.4, 0.5) is 0 Å². The topological polar surface area (TPSA) is 45.7 Å². The van der Waals surface area contributed by atoms with E-state index >= 15 is 0 Å². The van der Waals surface area contributed by atoms with Crippen LogP contribution in [0.1, 0.15) is 50.5 Å². The molecule has 4 nitrogen and oxygen atoms in total. The van der Waals surface area contributed by atoms with Gasteiger partial charge in [0.2, 0.25) is 0 Å². The number of ether oxygens (including phenoxy) is 1. The summed E-state index contributed by atoms with van der Waals surface area (Å²) in [5.41, 5.74) is 1.20. The Hall–Kier alpha value is -0.980. The highest BCUT2D eigenvalue weighted by Gasteiger charge is 2.20. The predicted molar refractivity (Wildman–Crippen MR) is 106 cm³/mol. The van der Waals surface area contributed by atoms with Crippen molar-refractivity contribution in [3.8, 4) is 5.75 Å².